The zero-order valence-corrected chi connectivity index (χ0v) is 13.6. The zero-order valence-electron chi connectivity index (χ0n) is 13.6. The third-order valence-corrected chi connectivity index (χ3v) is 4.25. The van der Waals surface area contributed by atoms with Crippen molar-refractivity contribution < 1.29 is 19.3 Å². The second-order valence-corrected chi connectivity index (χ2v) is 5.77. The number of hydrogen-bond acceptors (Lipinski definition) is 4. The van der Waals surface area contributed by atoms with Gasteiger partial charge in [0.05, 0.1) is 32.5 Å². The summed E-state index contributed by atoms with van der Waals surface area (Å²) in [6.07, 6.45) is 6.17. The van der Waals surface area contributed by atoms with Gasteiger partial charge in [0, 0.05) is 18.6 Å². The summed E-state index contributed by atoms with van der Waals surface area (Å²) in [7, 11) is 0. The highest BCUT2D eigenvalue weighted by molar-refractivity contribution is 5.82. The maximum atomic E-state index is 9.38. The molecule has 1 atom stereocenters. The molecule has 1 aromatic rings. The second kappa shape index (κ2) is 7.77. The highest BCUT2D eigenvalue weighted by Crippen LogP contribution is 2.38. The van der Waals surface area contributed by atoms with Gasteiger partial charge in [-0.3, -0.25) is 0 Å². The molecule has 0 aromatic heterocycles. The van der Waals surface area contributed by atoms with E-state index in [0.717, 1.165) is 36.3 Å². The van der Waals surface area contributed by atoms with Crippen molar-refractivity contribution in [3.8, 4) is 5.75 Å². The number of fused-ring (bicyclic) bond motifs is 2. The first-order valence-electron chi connectivity index (χ1n) is 8.28. The van der Waals surface area contributed by atoms with Crippen LogP contribution in [-0.2, 0) is 16.1 Å². The van der Waals surface area contributed by atoms with Crippen LogP contribution in [0.2, 0.25) is 0 Å². The standard InChI is InChI=1S/C19H24O4/c1-2-21-9-10-22-16-4-5-17-15(12-16)7-8-23-19-6-3-14(13-20)11-18(17)19/h3-6,11,16,20H,2,7-10,12-13H2,1H3. The summed E-state index contributed by atoms with van der Waals surface area (Å²) in [6, 6.07) is 5.89. The average Bonchev–Trinajstić information content (AvgIpc) is 2.77. The highest BCUT2D eigenvalue weighted by Gasteiger charge is 2.22. The normalized spacial score (nSPS) is 19.8. The Hall–Kier alpha value is -1.62. The van der Waals surface area contributed by atoms with Crippen molar-refractivity contribution in [1.82, 2.24) is 0 Å². The lowest BCUT2D eigenvalue weighted by Gasteiger charge is -2.22. The molecule has 1 aromatic carbocycles. The maximum Gasteiger partial charge on any atom is 0.127 e. The molecule has 0 saturated heterocycles. The minimum atomic E-state index is 0.0444. The molecule has 0 radical (unpaired) electrons. The molecule has 3 rings (SSSR count). The van der Waals surface area contributed by atoms with E-state index in [0.29, 0.717) is 19.8 Å². The fraction of sp³-hybridized carbons (Fsp3) is 0.474. The van der Waals surface area contributed by atoms with Crippen molar-refractivity contribution in [2.45, 2.75) is 32.5 Å². The van der Waals surface area contributed by atoms with Gasteiger partial charge in [0.2, 0.25) is 0 Å². The molecule has 2 aliphatic rings. The first-order valence-corrected chi connectivity index (χ1v) is 8.28. The fourth-order valence-corrected chi connectivity index (χ4v) is 3.07. The van der Waals surface area contributed by atoms with E-state index < -0.39 is 0 Å². The van der Waals surface area contributed by atoms with E-state index in [1.165, 1.54) is 11.1 Å². The Morgan fingerprint density at radius 1 is 1.30 bits per heavy atom. The van der Waals surface area contributed by atoms with Crippen molar-refractivity contribution in [1.29, 1.82) is 0 Å². The van der Waals surface area contributed by atoms with Gasteiger partial charge in [-0.2, -0.15) is 0 Å². The third-order valence-electron chi connectivity index (χ3n) is 4.25. The van der Waals surface area contributed by atoms with Crippen molar-refractivity contribution in [2.75, 3.05) is 26.4 Å². The van der Waals surface area contributed by atoms with Gasteiger partial charge in [-0.05, 0) is 36.6 Å². The number of ether oxygens (including phenoxy) is 3. The largest absolute Gasteiger partial charge is 0.493 e. The van der Waals surface area contributed by atoms with Crippen molar-refractivity contribution in [3.63, 3.8) is 0 Å². The Morgan fingerprint density at radius 2 is 2.22 bits per heavy atom. The molecule has 124 valence electrons. The van der Waals surface area contributed by atoms with Crippen LogP contribution in [0.15, 0.2) is 35.9 Å². The molecular formula is C19H24O4. The van der Waals surface area contributed by atoms with Gasteiger partial charge in [-0.15, -0.1) is 0 Å². The van der Waals surface area contributed by atoms with Crippen LogP contribution in [0.3, 0.4) is 0 Å². The Labute approximate surface area is 137 Å². The van der Waals surface area contributed by atoms with Gasteiger partial charge in [0.1, 0.15) is 5.75 Å². The first kappa shape index (κ1) is 16.2. The lowest BCUT2D eigenvalue weighted by atomic mass is 9.89. The lowest BCUT2D eigenvalue weighted by Crippen LogP contribution is -2.18. The number of aliphatic hydroxyl groups is 1. The Morgan fingerprint density at radius 3 is 3.04 bits per heavy atom. The first-order chi connectivity index (χ1) is 11.3. The zero-order chi connectivity index (χ0) is 16.1. The fourth-order valence-electron chi connectivity index (χ4n) is 3.07. The van der Waals surface area contributed by atoms with Crippen LogP contribution in [0.25, 0.3) is 5.57 Å². The monoisotopic (exact) mass is 316 g/mol. The van der Waals surface area contributed by atoms with E-state index in [1.54, 1.807) is 0 Å². The summed E-state index contributed by atoms with van der Waals surface area (Å²) in [5, 5.41) is 9.38. The van der Waals surface area contributed by atoms with Crippen LogP contribution in [0.1, 0.15) is 30.9 Å². The van der Waals surface area contributed by atoms with E-state index >= 15 is 0 Å². The van der Waals surface area contributed by atoms with Gasteiger partial charge in [0.15, 0.2) is 0 Å². The van der Waals surface area contributed by atoms with Crippen molar-refractivity contribution in [3.05, 3.63) is 47.1 Å². The molecule has 4 heteroatoms. The molecular weight excluding hydrogens is 292 g/mol. The molecule has 1 unspecified atom stereocenters. The molecule has 1 aliphatic carbocycles. The molecule has 0 bridgehead atoms. The van der Waals surface area contributed by atoms with E-state index in [-0.39, 0.29) is 12.7 Å². The van der Waals surface area contributed by atoms with Crippen LogP contribution in [0.4, 0.5) is 0 Å². The van der Waals surface area contributed by atoms with E-state index in [1.807, 2.05) is 25.1 Å². The van der Waals surface area contributed by atoms with Crippen LogP contribution in [-0.4, -0.2) is 37.6 Å². The summed E-state index contributed by atoms with van der Waals surface area (Å²) in [5.41, 5.74) is 4.57. The maximum absolute atomic E-state index is 9.38. The SMILES string of the molecule is CCOCCOC1C=CC2=C(CCOc3ccc(CO)cc32)C1. The number of rotatable bonds is 6. The molecule has 0 spiro atoms. The summed E-state index contributed by atoms with van der Waals surface area (Å²) >= 11 is 0. The molecule has 1 aliphatic heterocycles. The minimum Gasteiger partial charge on any atom is -0.493 e. The molecule has 1 N–H and O–H groups in total. The van der Waals surface area contributed by atoms with Gasteiger partial charge >= 0.3 is 0 Å². The van der Waals surface area contributed by atoms with Crippen LogP contribution in [0.5, 0.6) is 5.75 Å². The van der Waals surface area contributed by atoms with Crippen LogP contribution >= 0.6 is 0 Å². The van der Waals surface area contributed by atoms with Crippen molar-refractivity contribution in [2.24, 2.45) is 0 Å². The van der Waals surface area contributed by atoms with Gasteiger partial charge in [-0.1, -0.05) is 23.8 Å². The number of hydrogen-bond donors (Lipinski definition) is 1. The molecule has 0 fully saturated rings. The van der Waals surface area contributed by atoms with Crippen LogP contribution < -0.4 is 4.74 Å². The van der Waals surface area contributed by atoms with Gasteiger partial charge in [0.25, 0.3) is 0 Å². The summed E-state index contributed by atoms with van der Waals surface area (Å²) in [6.45, 7) is 4.69. The Balaban J connectivity index is 1.75. The topological polar surface area (TPSA) is 47.9 Å². The number of aliphatic hydroxyl groups excluding tert-OH is 1. The van der Waals surface area contributed by atoms with E-state index in [9.17, 15) is 5.11 Å². The van der Waals surface area contributed by atoms with E-state index in [2.05, 4.69) is 12.2 Å². The number of allylic oxidation sites excluding steroid dienone is 2. The predicted molar refractivity (Wildman–Crippen MR) is 89.4 cm³/mol. The minimum absolute atomic E-state index is 0.0444. The highest BCUT2D eigenvalue weighted by atomic mass is 16.5. The molecule has 1 heterocycles. The summed E-state index contributed by atoms with van der Waals surface area (Å²) in [5.74, 6) is 0.896. The molecule has 0 saturated carbocycles. The lowest BCUT2D eigenvalue weighted by molar-refractivity contribution is 0.0265. The predicted octanol–water partition coefficient (Wildman–Crippen LogP) is 3.10. The van der Waals surface area contributed by atoms with Gasteiger partial charge < -0.3 is 19.3 Å². The van der Waals surface area contributed by atoms with Gasteiger partial charge in [-0.25, -0.2) is 0 Å². The Bertz CT molecular complexity index is 603. The summed E-state index contributed by atoms with van der Waals surface area (Å²) in [4.78, 5) is 0. The smallest absolute Gasteiger partial charge is 0.127 e. The quantitative estimate of drug-likeness (QED) is 0.819. The third kappa shape index (κ3) is 3.83. The molecule has 23 heavy (non-hydrogen) atoms. The van der Waals surface area contributed by atoms with Crippen molar-refractivity contribution >= 4 is 5.57 Å². The second-order valence-electron chi connectivity index (χ2n) is 5.77. The van der Waals surface area contributed by atoms with Crippen LogP contribution in [0, 0.1) is 0 Å². The summed E-state index contributed by atoms with van der Waals surface area (Å²) < 4.78 is 17.1. The molecule has 0 amide bonds. The average molecular weight is 316 g/mol. The Kier molecular flexibility index (Phi) is 5.49. The number of benzene rings is 1. The van der Waals surface area contributed by atoms with E-state index in [4.69, 9.17) is 14.2 Å². The molecule has 4 nitrogen and oxygen atoms in total.